The molecule has 2 bridgehead atoms. The minimum atomic E-state index is -3.92. The zero-order chi connectivity index (χ0) is 22.0. The summed E-state index contributed by atoms with van der Waals surface area (Å²) in [5.41, 5.74) is 1.50. The highest BCUT2D eigenvalue weighted by atomic mass is 32.2. The Hall–Kier alpha value is -2.54. The van der Waals surface area contributed by atoms with E-state index in [1.54, 1.807) is 24.3 Å². The first-order valence-electron chi connectivity index (χ1n) is 11.0. The van der Waals surface area contributed by atoms with Crippen LogP contribution in [0.3, 0.4) is 0 Å². The van der Waals surface area contributed by atoms with E-state index in [1.807, 2.05) is 26.0 Å². The standard InChI is InChI=1S/C24H30N2O4S/c1-3-30-21-10-12-22(13-11-21)31(28,29)26(20-8-4-17(2)5-9-20)16-24(27)25-23-15-18-6-7-19(23)14-18/h4-5,8-13,18-19,23H,3,6-7,14-16H2,1-2H3,(H,25,27)/t18-,19+,23?/m0/s1. The summed E-state index contributed by atoms with van der Waals surface area (Å²) in [7, 11) is -3.92. The lowest BCUT2D eigenvalue weighted by Crippen LogP contribution is -2.46. The number of rotatable bonds is 8. The second-order valence-electron chi connectivity index (χ2n) is 8.60. The smallest absolute Gasteiger partial charge is 0.264 e. The van der Waals surface area contributed by atoms with Crippen molar-refractivity contribution in [3.63, 3.8) is 0 Å². The Bertz CT molecular complexity index is 1020. The highest BCUT2D eigenvalue weighted by Gasteiger charge is 2.40. The molecule has 2 aromatic carbocycles. The Labute approximate surface area is 184 Å². The van der Waals surface area contributed by atoms with Gasteiger partial charge in [-0.15, -0.1) is 0 Å². The molecule has 0 radical (unpaired) electrons. The predicted molar refractivity (Wildman–Crippen MR) is 121 cm³/mol. The van der Waals surface area contributed by atoms with Crippen molar-refractivity contribution in [1.82, 2.24) is 5.32 Å². The Morgan fingerprint density at radius 1 is 1.06 bits per heavy atom. The largest absolute Gasteiger partial charge is 0.494 e. The molecule has 2 aromatic rings. The third kappa shape index (κ3) is 4.71. The normalized spacial score (nSPS) is 22.3. The summed E-state index contributed by atoms with van der Waals surface area (Å²) >= 11 is 0. The molecule has 1 amide bonds. The minimum Gasteiger partial charge on any atom is -0.494 e. The molecule has 3 atom stereocenters. The summed E-state index contributed by atoms with van der Waals surface area (Å²) in [4.78, 5) is 13.0. The van der Waals surface area contributed by atoms with Crippen LogP contribution in [0.1, 0.15) is 38.2 Å². The van der Waals surface area contributed by atoms with Crippen molar-refractivity contribution >= 4 is 21.6 Å². The number of hydrogen-bond acceptors (Lipinski definition) is 4. The first-order chi connectivity index (χ1) is 14.9. The summed E-state index contributed by atoms with van der Waals surface area (Å²) in [5, 5.41) is 3.11. The quantitative estimate of drug-likeness (QED) is 0.673. The zero-order valence-corrected chi connectivity index (χ0v) is 18.9. The molecule has 2 fully saturated rings. The van der Waals surface area contributed by atoms with Crippen LogP contribution in [0.2, 0.25) is 0 Å². The number of ether oxygens (including phenoxy) is 1. The average Bonchev–Trinajstić information content (AvgIpc) is 3.37. The van der Waals surface area contributed by atoms with Gasteiger partial charge in [-0.3, -0.25) is 9.10 Å². The van der Waals surface area contributed by atoms with Crippen molar-refractivity contribution in [1.29, 1.82) is 0 Å². The van der Waals surface area contributed by atoms with Crippen molar-refractivity contribution in [2.45, 2.75) is 50.5 Å². The van der Waals surface area contributed by atoms with Crippen molar-refractivity contribution in [3.05, 3.63) is 54.1 Å². The number of hydrogen-bond donors (Lipinski definition) is 1. The lowest BCUT2D eigenvalue weighted by Gasteiger charge is -2.27. The Balaban J connectivity index is 1.57. The van der Waals surface area contributed by atoms with E-state index in [-0.39, 0.29) is 23.4 Å². The number of nitrogens with zero attached hydrogens (tertiary/aromatic N) is 1. The van der Waals surface area contributed by atoms with Gasteiger partial charge >= 0.3 is 0 Å². The lowest BCUT2D eigenvalue weighted by atomic mass is 9.95. The highest BCUT2D eigenvalue weighted by molar-refractivity contribution is 7.92. The minimum absolute atomic E-state index is 0.129. The van der Waals surface area contributed by atoms with Crippen LogP contribution >= 0.6 is 0 Å². The number of aryl methyl sites for hydroxylation is 1. The van der Waals surface area contributed by atoms with Gasteiger partial charge in [0, 0.05) is 6.04 Å². The van der Waals surface area contributed by atoms with Gasteiger partial charge in [-0.05, 0) is 81.3 Å². The molecular weight excluding hydrogens is 412 g/mol. The van der Waals surface area contributed by atoms with E-state index in [0.29, 0.717) is 29.9 Å². The topological polar surface area (TPSA) is 75.7 Å². The van der Waals surface area contributed by atoms with Gasteiger partial charge < -0.3 is 10.1 Å². The second kappa shape index (κ2) is 8.91. The van der Waals surface area contributed by atoms with E-state index >= 15 is 0 Å². The molecule has 0 aromatic heterocycles. The fourth-order valence-electron chi connectivity index (χ4n) is 4.83. The summed E-state index contributed by atoms with van der Waals surface area (Å²) < 4.78 is 33.6. The van der Waals surface area contributed by atoms with Crippen molar-refractivity contribution < 1.29 is 17.9 Å². The SMILES string of the molecule is CCOc1ccc(S(=O)(=O)N(CC(=O)NC2C[C@H]3CC[C@@H]2C3)c2ccc(C)cc2)cc1. The molecule has 6 nitrogen and oxygen atoms in total. The summed E-state index contributed by atoms with van der Waals surface area (Å²) in [5.74, 6) is 1.59. The monoisotopic (exact) mass is 442 g/mol. The molecule has 7 heteroatoms. The third-order valence-electron chi connectivity index (χ3n) is 6.42. The molecule has 0 saturated heterocycles. The number of carbonyl (C=O) groups excluding carboxylic acids is 1. The molecule has 0 heterocycles. The highest BCUT2D eigenvalue weighted by Crippen LogP contribution is 2.44. The number of carbonyl (C=O) groups is 1. The number of amides is 1. The molecule has 0 spiro atoms. The van der Waals surface area contributed by atoms with Crippen LogP contribution < -0.4 is 14.4 Å². The zero-order valence-electron chi connectivity index (χ0n) is 18.1. The van der Waals surface area contributed by atoms with Gasteiger partial charge in [-0.2, -0.15) is 0 Å². The van der Waals surface area contributed by atoms with Crippen molar-refractivity contribution in [2.24, 2.45) is 11.8 Å². The van der Waals surface area contributed by atoms with E-state index in [0.717, 1.165) is 18.4 Å². The molecule has 2 aliphatic rings. The molecule has 4 rings (SSSR count). The molecular formula is C24H30N2O4S. The maximum atomic E-state index is 13.5. The summed E-state index contributed by atoms with van der Waals surface area (Å²) in [6.45, 7) is 4.08. The van der Waals surface area contributed by atoms with Crippen molar-refractivity contribution in [3.8, 4) is 5.75 Å². The molecule has 1 N–H and O–H groups in total. The number of sulfonamides is 1. The van der Waals surface area contributed by atoms with Gasteiger partial charge in [0.25, 0.3) is 10.0 Å². The van der Waals surface area contributed by atoms with Crippen LogP contribution in [-0.4, -0.2) is 33.5 Å². The maximum absolute atomic E-state index is 13.5. The Morgan fingerprint density at radius 2 is 1.77 bits per heavy atom. The van der Waals surface area contributed by atoms with Gasteiger partial charge in [-0.1, -0.05) is 24.1 Å². The summed E-state index contributed by atoms with van der Waals surface area (Å²) in [6.07, 6.45) is 4.59. The number of nitrogens with one attached hydrogen (secondary N) is 1. The molecule has 0 aliphatic heterocycles. The third-order valence-corrected chi connectivity index (χ3v) is 8.20. The van der Waals surface area contributed by atoms with E-state index in [9.17, 15) is 13.2 Å². The number of fused-ring (bicyclic) bond motifs is 2. The van der Waals surface area contributed by atoms with Gasteiger partial charge in [0.05, 0.1) is 17.2 Å². The van der Waals surface area contributed by atoms with Gasteiger partial charge in [0.2, 0.25) is 5.91 Å². The molecule has 31 heavy (non-hydrogen) atoms. The van der Waals surface area contributed by atoms with Crippen LogP contribution in [0.4, 0.5) is 5.69 Å². The first kappa shape index (κ1) is 21.7. The molecule has 2 saturated carbocycles. The van der Waals surface area contributed by atoms with Crippen LogP contribution in [0.25, 0.3) is 0 Å². The molecule has 2 aliphatic carbocycles. The van der Waals surface area contributed by atoms with E-state index in [1.165, 1.54) is 29.3 Å². The van der Waals surface area contributed by atoms with E-state index in [4.69, 9.17) is 4.74 Å². The van der Waals surface area contributed by atoms with Crippen molar-refractivity contribution in [2.75, 3.05) is 17.5 Å². The summed E-state index contributed by atoms with van der Waals surface area (Å²) in [6, 6.07) is 13.7. The van der Waals surface area contributed by atoms with E-state index < -0.39 is 10.0 Å². The van der Waals surface area contributed by atoms with Gasteiger partial charge in [-0.25, -0.2) is 8.42 Å². The first-order valence-corrected chi connectivity index (χ1v) is 12.4. The van der Waals surface area contributed by atoms with Gasteiger partial charge in [0.1, 0.15) is 12.3 Å². The fourth-order valence-corrected chi connectivity index (χ4v) is 6.25. The maximum Gasteiger partial charge on any atom is 0.264 e. The van der Waals surface area contributed by atoms with Crippen LogP contribution in [-0.2, 0) is 14.8 Å². The second-order valence-corrected chi connectivity index (χ2v) is 10.5. The number of anilines is 1. The van der Waals surface area contributed by atoms with Gasteiger partial charge in [0.15, 0.2) is 0 Å². The molecule has 166 valence electrons. The predicted octanol–water partition coefficient (Wildman–Crippen LogP) is 3.89. The van der Waals surface area contributed by atoms with Crippen LogP contribution in [0.15, 0.2) is 53.4 Å². The van der Waals surface area contributed by atoms with Crippen LogP contribution in [0.5, 0.6) is 5.75 Å². The number of benzene rings is 2. The lowest BCUT2D eigenvalue weighted by molar-refractivity contribution is -0.120. The Morgan fingerprint density at radius 3 is 2.35 bits per heavy atom. The van der Waals surface area contributed by atoms with Crippen LogP contribution in [0, 0.1) is 18.8 Å². The van der Waals surface area contributed by atoms with E-state index in [2.05, 4.69) is 5.32 Å². The average molecular weight is 443 g/mol. The Kier molecular flexibility index (Phi) is 6.23. The fraction of sp³-hybridized carbons (Fsp3) is 0.458. The molecule has 1 unspecified atom stereocenters.